The van der Waals surface area contributed by atoms with Crippen molar-refractivity contribution >= 4 is 5.97 Å². The standard InChI is InChI=1S/C13H9N3O4/c1-19-9-2-3-10(13(17)18)11(6-9)20-12-8(7-14)4-5-15-16-12/h2-6H,1H3,(H,17,18). The van der Waals surface area contributed by atoms with Gasteiger partial charge in [-0.3, -0.25) is 0 Å². The highest BCUT2D eigenvalue weighted by Gasteiger charge is 2.15. The zero-order chi connectivity index (χ0) is 14.5. The van der Waals surface area contributed by atoms with E-state index < -0.39 is 5.97 Å². The van der Waals surface area contributed by atoms with Crippen molar-refractivity contribution in [2.24, 2.45) is 0 Å². The molecular formula is C13H9N3O4. The summed E-state index contributed by atoms with van der Waals surface area (Å²) < 4.78 is 10.4. The molecule has 0 atom stereocenters. The highest BCUT2D eigenvalue weighted by Crippen LogP contribution is 2.29. The molecule has 0 aliphatic carbocycles. The number of aromatic nitrogens is 2. The number of rotatable bonds is 4. The smallest absolute Gasteiger partial charge is 0.339 e. The van der Waals surface area contributed by atoms with Crippen LogP contribution in [0.25, 0.3) is 0 Å². The molecule has 1 aromatic carbocycles. The molecule has 0 fully saturated rings. The second-order valence-corrected chi connectivity index (χ2v) is 3.63. The minimum absolute atomic E-state index is 0.0221. The lowest BCUT2D eigenvalue weighted by Crippen LogP contribution is -2.02. The van der Waals surface area contributed by atoms with Crippen molar-refractivity contribution < 1.29 is 19.4 Å². The van der Waals surface area contributed by atoms with Crippen LogP contribution >= 0.6 is 0 Å². The topological polar surface area (TPSA) is 105 Å². The molecule has 7 nitrogen and oxygen atoms in total. The number of carboxylic acid groups (broad SMARTS) is 1. The van der Waals surface area contributed by atoms with E-state index in [0.29, 0.717) is 5.75 Å². The maximum atomic E-state index is 11.1. The number of aromatic carboxylic acids is 1. The summed E-state index contributed by atoms with van der Waals surface area (Å²) >= 11 is 0. The van der Waals surface area contributed by atoms with Crippen molar-refractivity contribution in [2.45, 2.75) is 0 Å². The van der Waals surface area contributed by atoms with Gasteiger partial charge in [-0.25, -0.2) is 4.79 Å². The first-order valence-electron chi connectivity index (χ1n) is 5.46. The summed E-state index contributed by atoms with van der Waals surface area (Å²) in [6, 6.07) is 7.55. The van der Waals surface area contributed by atoms with E-state index in [0.717, 1.165) is 0 Å². The molecule has 2 rings (SSSR count). The van der Waals surface area contributed by atoms with Gasteiger partial charge < -0.3 is 14.6 Å². The number of nitriles is 1. The molecule has 0 saturated heterocycles. The Morgan fingerprint density at radius 2 is 2.20 bits per heavy atom. The molecule has 20 heavy (non-hydrogen) atoms. The average molecular weight is 271 g/mol. The number of ether oxygens (including phenoxy) is 2. The monoisotopic (exact) mass is 271 g/mol. The molecule has 0 bridgehead atoms. The number of benzene rings is 1. The molecule has 0 aliphatic rings. The lowest BCUT2D eigenvalue weighted by atomic mass is 10.2. The third-order valence-electron chi connectivity index (χ3n) is 2.43. The minimum atomic E-state index is -1.16. The maximum Gasteiger partial charge on any atom is 0.339 e. The van der Waals surface area contributed by atoms with E-state index in [2.05, 4.69) is 10.2 Å². The number of carbonyl (C=O) groups is 1. The highest BCUT2D eigenvalue weighted by molar-refractivity contribution is 5.91. The van der Waals surface area contributed by atoms with Crippen molar-refractivity contribution in [3.8, 4) is 23.4 Å². The molecule has 0 saturated carbocycles. The van der Waals surface area contributed by atoms with Crippen molar-refractivity contribution in [1.82, 2.24) is 10.2 Å². The summed E-state index contributed by atoms with van der Waals surface area (Å²) in [6.45, 7) is 0. The molecule has 1 N–H and O–H groups in total. The summed E-state index contributed by atoms with van der Waals surface area (Å²) in [4.78, 5) is 11.1. The number of hydrogen-bond donors (Lipinski definition) is 1. The molecule has 7 heteroatoms. The fourth-order valence-electron chi connectivity index (χ4n) is 1.47. The number of methoxy groups -OCH3 is 1. The van der Waals surface area contributed by atoms with Crippen LogP contribution in [0, 0.1) is 11.3 Å². The zero-order valence-corrected chi connectivity index (χ0v) is 10.4. The summed E-state index contributed by atoms with van der Waals surface area (Å²) in [5, 5.41) is 25.3. The fourth-order valence-corrected chi connectivity index (χ4v) is 1.47. The van der Waals surface area contributed by atoms with E-state index in [1.807, 2.05) is 6.07 Å². The summed E-state index contributed by atoms with van der Waals surface area (Å²) in [5.74, 6) is -0.781. The summed E-state index contributed by atoms with van der Waals surface area (Å²) in [6.07, 6.45) is 1.34. The van der Waals surface area contributed by atoms with E-state index in [4.69, 9.17) is 19.8 Å². The van der Waals surface area contributed by atoms with Crippen molar-refractivity contribution in [3.63, 3.8) is 0 Å². The summed E-state index contributed by atoms with van der Waals surface area (Å²) in [7, 11) is 1.45. The predicted molar refractivity (Wildman–Crippen MR) is 66.8 cm³/mol. The van der Waals surface area contributed by atoms with Gasteiger partial charge in [-0.15, -0.1) is 5.10 Å². The van der Waals surface area contributed by atoms with Gasteiger partial charge in [0, 0.05) is 6.07 Å². The van der Waals surface area contributed by atoms with E-state index in [1.165, 1.54) is 37.6 Å². The van der Waals surface area contributed by atoms with E-state index in [1.54, 1.807) is 0 Å². The van der Waals surface area contributed by atoms with Gasteiger partial charge in [-0.1, -0.05) is 0 Å². The quantitative estimate of drug-likeness (QED) is 0.904. The highest BCUT2D eigenvalue weighted by atomic mass is 16.5. The van der Waals surface area contributed by atoms with Crippen LogP contribution in [-0.2, 0) is 0 Å². The van der Waals surface area contributed by atoms with Crippen molar-refractivity contribution in [2.75, 3.05) is 7.11 Å². The predicted octanol–water partition coefficient (Wildman–Crippen LogP) is 1.85. The molecular weight excluding hydrogens is 262 g/mol. The third-order valence-corrected chi connectivity index (χ3v) is 2.43. The molecule has 0 aliphatic heterocycles. The largest absolute Gasteiger partial charge is 0.497 e. The van der Waals surface area contributed by atoms with Crippen molar-refractivity contribution in [1.29, 1.82) is 5.26 Å². The first-order chi connectivity index (χ1) is 9.65. The minimum Gasteiger partial charge on any atom is -0.497 e. The van der Waals surface area contributed by atoms with Crippen LogP contribution in [-0.4, -0.2) is 28.4 Å². The Kier molecular flexibility index (Phi) is 3.77. The first kappa shape index (κ1) is 13.3. The van der Waals surface area contributed by atoms with E-state index >= 15 is 0 Å². The van der Waals surface area contributed by atoms with Crippen LogP contribution in [0.3, 0.4) is 0 Å². The number of carboxylic acids is 1. The number of nitrogens with zero attached hydrogens (tertiary/aromatic N) is 3. The molecule has 0 unspecified atom stereocenters. The summed E-state index contributed by atoms with van der Waals surface area (Å²) in [5.41, 5.74) is 0.0829. The Hall–Kier alpha value is -3.14. The van der Waals surface area contributed by atoms with Crippen molar-refractivity contribution in [3.05, 3.63) is 41.6 Å². The van der Waals surface area contributed by atoms with Gasteiger partial charge in [0.1, 0.15) is 28.7 Å². The SMILES string of the molecule is COc1ccc(C(=O)O)c(Oc2nnccc2C#N)c1. The first-order valence-corrected chi connectivity index (χ1v) is 5.46. The molecule has 0 spiro atoms. The Morgan fingerprint density at radius 1 is 1.40 bits per heavy atom. The Morgan fingerprint density at radius 3 is 2.85 bits per heavy atom. The lowest BCUT2D eigenvalue weighted by molar-refractivity contribution is 0.0694. The van der Waals surface area contributed by atoms with Gasteiger partial charge >= 0.3 is 5.97 Å². The normalized spacial score (nSPS) is 9.60. The van der Waals surface area contributed by atoms with Gasteiger partial charge in [0.15, 0.2) is 0 Å². The van der Waals surface area contributed by atoms with Crippen LogP contribution in [0.5, 0.6) is 17.4 Å². The Bertz CT molecular complexity index is 694. The van der Waals surface area contributed by atoms with Gasteiger partial charge in [0.25, 0.3) is 5.88 Å². The molecule has 0 radical (unpaired) electrons. The van der Waals surface area contributed by atoms with Crippen LogP contribution in [0.4, 0.5) is 0 Å². The second kappa shape index (κ2) is 5.67. The molecule has 1 aromatic heterocycles. The van der Waals surface area contributed by atoms with Crippen LogP contribution in [0.2, 0.25) is 0 Å². The second-order valence-electron chi connectivity index (χ2n) is 3.63. The third kappa shape index (κ3) is 2.64. The molecule has 0 amide bonds. The van der Waals surface area contributed by atoms with Gasteiger partial charge in [-0.2, -0.15) is 10.4 Å². The maximum absolute atomic E-state index is 11.1. The Balaban J connectivity index is 2.46. The van der Waals surface area contributed by atoms with Gasteiger partial charge in [0.2, 0.25) is 0 Å². The molecule has 100 valence electrons. The lowest BCUT2D eigenvalue weighted by Gasteiger charge is -2.09. The molecule has 1 heterocycles. The van der Waals surface area contributed by atoms with Crippen LogP contribution < -0.4 is 9.47 Å². The number of hydrogen-bond acceptors (Lipinski definition) is 6. The fraction of sp³-hybridized carbons (Fsp3) is 0.0769. The average Bonchev–Trinajstić information content (AvgIpc) is 2.47. The van der Waals surface area contributed by atoms with Gasteiger partial charge in [0.05, 0.1) is 13.3 Å². The van der Waals surface area contributed by atoms with E-state index in [9.17, 15) is 4.79 Å². The zero-order valence-electron chi connectivity index (χ0n) is 10.4. The van der Waals surface area contributed by atoms with Crippen LogP contribution in [0.1, 0.15) is 15.9 Å². The van der Waals surface area contributed by atoms with Crippen LogP contribution in [0.15, 0.2) is 30.5 Å². The Labute approximate surface area is 114 Å². The van der Waals surface area contributed by atoms with E-state index in [-0.39, 0.29) is 22.8 Å². The molecule has 2 aromatic rings. The van der Waals surface area contributed by atoms with Gasteiger partial charge in [-0.05, 0) is 18.2 Å².